The lowest BCUT2D eigenvalue weighted by Gasteiger charge is -2.41. The first-order valence-corrected chi connectivity index (χ1v) is 5.84. The molecule has 0 aromatic heterocycles. The van der Waals surface area contributed by atoms with Crippen molar-refractivity contribution in [1.82, 2.24) is 4.90 Å². The fourth-order valence-electron chi connectivity index (χ4n) is 2.99. The maximum Gasteiger partial charge on any atom is 0.133 e. The molecule has 3 atom stereocenters. The Kier molecular flexibility index (Phi) is 4.59. The molecule has 1 aliphatic carbocycles. The highest BCUT2D eigenvalue weighted by Gasteiger charge is 2.31. The van der Waals surface area contributed by atoms with Crippen molar-refractivity contribution in [2.45, 2.75) is 45.6 Å². The van der Waals surface area contributed by atoms with Crippen molar-refractivity contribution >= 4 is 6.29 Å². The summed E-state index contributed by atoms with van der Waals surface area (Å²) in [5.74, 6) is 1.54. The molecule has 0 aromatic rings. The van der Waals surface area contributed by atoms with Crippen molar-refractivity contribution in [3.8, 4) is 0 Å². The molecule has 0 bridgehead atoms. The average molecular weight is 197 g/mol. The van der Waals surface area contributed by atoms with Crippen LogP contribution in [0, 0.1) is 11.8 Å². The van der Waals surface area contributed by atoms with E-state index >= 15 is 0 Å². The number of carbonyl (C=O) groups excluding carboxylic acids is 1. The number of hydrogen-bond acceptors (Lipinski definition) is 2. The van der Waals surface area contributed by atoms with E-state index in [4.69, 9.17) is 0 Å². The van der Waals surface area contributed by atoms with Crippen LogP contribution in [0.2, 0.25) is 0 Å². The Bertz CT molecular complexity index is 181. The fourth-order valence-corrected chi connectivity index (χ4v) is 2.99. The summed E-state index contributed by atoms with van der Waals surface area (Å²) in [7, 11) is 2.09. The molecule has 0 aromatic carbocycles. The number of likely N-dealkylation sites (N-methyl/N-ethyl adjacent to an activating group) is 1. The normalized spacial score (nSPS) is 33.3. The summed E-state index contributed by atoms with van der Waals surface area (Å²) in [5, 5.41) is 0. The van der Waals surface area contributed by atoms with Gasteiger partial charge in [0, 0.05) is 6.04 Å². The zero-order chi connectivity index (χ0) is 10.6. The van der Waals surface area contributed by atoms with E-state index in [1.54, 1.807) is 0 Å². The van der Waals surface area contributed by atoms with Gasteiger partial charge in [0.05, 0.1) is 6.54 Å². The molecule has 0 radical (unpaired) electrons. The zero-order valence-corrected chi connectivity index (χ0v) is 9.70. The Morgan fingerprint density at radius 2 is 2.14 bits per heavy atom. The first kappa shape index (κ1) is 11.7. The predicted octanol–water partition coefficient (Wildman–Crippen LogP) is 2.33. The molecule has 3 unspecified atom stereocenters. The van der Waals surface area contributed by atoms with Crippen LogP contribution in [-0.2, 0) is 4.79 Å². The van der Waals surface area contributed by atoms with Gasteiger partial charge in [0.1, 0.15) is 6.29 Å². The molecule has 82 valence electrons. The maximum atomic E-state index is 10.5. The highest BCUT2D eigenvalue weighted by molar-refractivity contribution is 5.52. The molecule has 2 nitrogen and oxygen atoms in total. The average Bonchev–Trinajstić information content (AvgIpc) is 2.17. The van der Waals surface area contributed by atoms with Gasteiger partial charge in [0.2, 0.25) is 0 Å². The van der Waals surface area contributed by atoms with Crippen molar-refractivity contribution in [2.24, 2.45) is 11.8 Å². The molecule has 1 rings (SSSR count). The Morgan fingerprint density at radius 3 is 2.71 bits per heavy atom. The third-order valence-corrected chi connectivity index (χ3v) is 3.70. The second-order valence-corrected chi connectivity index (χ2v) is 4.67. The molecule has 0 amide bonds. The van der Waals surface area contributed by atoms with Crippen molar-refractivity contribution in [3.63, 3.8) is 0 Å². The van der Waals surface area contributed by atoms with E-state index in [-0.39, 0.29) is 0 Å². The summed E-state index contributed by atoms with van der Waals surface area (Å²) in [6.45, 7) is 5.18. The Labute approximate surface area is 87.7 Å². The third-order valence-electron chi connectivity index (χ3n) is 3.70. The van der Waals surface area contributed by atoms with Crippen LogP contribution in [0.3, 0.4) is 0 Å². The van der Waals surface area contributed by atoms with Crippen LogP contribution in [0.15, 0.2) is 0 Å². The molecule has 0 N–H and O–H groups in total. The van der Waals surface area contributed by atoms with Gasteiger partial charge in [-0.3, -0.25) is 4.90 Å². The summed E-state index contributed by atoms with van der Waals surface area (Å²) in [6.07, 6.45) is 6.30. The minimum atomic E-state index is 0.589. The number of carbonyl (C=O) groups is 1. The van der Waals surface area contributed by atoms with Crippen LogP contribution in [0.4, 0.5) is 0 Å². The van der Waals surface area contributed by atoms with Crippen LogP contribution in [-0.4, -0.2) is 30.8 Å². The Hall–Kier alpha value is -0.370. The summed E-state index contributed by atoms with van der Waals surface area (Å²) in [4.78, 5) is 12.8. The summed E-state index contributed by atoms with van der Waals surface area (Å²) < 4.78 is 0. The van der Waals surface area contributed by atoms with Gasteiger partial charge in [-0.25, -0.2) is 0 Å². The lowest BCUT2D eigenvalue weighted by Crippen LogP contribution is -2.45. The van der Waals surface area contributed by atoms with Crippen molar-refractivity contribution in [1.29, 1.82) is 0 Å². The van der Waals surface area contributed by atoms with Gasteiger partial charge in [0.15, 0.2) is 0 Å². The quantitative estimate of drug-likeness (QED) is 0.645. The molecule has 1 aliphatic rings. The van der Waals surface area contributed by atoms with Gasteiger partial charge in [-0.1, -0.05) is 26.7 Å². The highest BCUT2D eigenvalue weighted by atomic mass is 16.1. The maximum absolute atomic E-state index is 10.5. The third kappa shape index (κ3) is 2.57. The van der Waals surface area contributed by atoms with Gasteiger partial charge < -0.3 is 4.79 Å². The second kappa shape index (κ2) is 5.50. The lowest BCUT2D eigenvalue weighted by atomic mass is 9.76. The summed E-state index contributed by atoms with van der Waals surface area (Å²) >= 11 is 0. The predicted molar refractivity (Wildman–Crippen MR) is 59.3 cm³/mol. The fraction of sp³-hybridized carbons (Fsp3) is 0.917. The van der Waals surface area contributed by atoms with Gasteiger partial charge in [0.25, 0.3) is 0 Å². The van der Waals surface area contributed by atoms with E-state index in [1.165, 1.54) is 25.7 Å². The largest absolute Gasteiger partial charge is 0.302 e. The first-order chi connectivity index (χ1) is 6.70. The minimum absolute atomic E-state index is 0.589. The smallest absolute Gasteiger partial charge is 0.133 e. The van der Waals surface area contributed by atoms with E-state index in [2.05, 4.69) is 25.8 Å². The summed E-state index contributed by atoms with van der Waals surface area (Å²) in [6, 6.07) is 0.624. The monoisotopic (exact) mass is 197 g/mol. The first-order valence-electron chi connectivity index (χ1n) is 5.84. The Morgan fingerprint density at radius 1 is 1.43 bits per heavy atom. The topological polar surface area (TPSA) is 20.3 Å². The zero-order valence-electron chi connectivity index (χ0n) is 9.70. The van der Waals surface area contributed by atoms with Gasteiger partial charge in [-0.05, 0) is 31.7 Å². The molecule has 0 spiro atoms. The molecule has 2 heteroatoms. The van der Waals surface area contributed by atoms with Crippen LogP contribution in [0.25, 0.3) is 0 Å². The molecule has 1 saturated carbocycles. The molecule has 0 saturated heterocycles. The molecular weight excluding hydrogens is 174 g/mol. The van der Waals surface area contributed by atoms with Crippen LogP contribution >= 0.6 is 0 Å². The van der Waals surface area contributed by atoms with Gasteiger partial charge in [-0.2, -0.15) is 0 Å². The van der Waals surface area contributed by atoms with E-state index < -0.39 is 0 Å². The van der Waals surface area contributed by atoms with Crippen LogP contribution in [0.5, 0.6) is 0 Å². The molecule has 1 fully saturated rings. The van der Waals surface area contributed by atoms with Crippen LogP contribution in [0.1, 0.15) is 39.5 Å². The highest BCUT2D eigenvalue weighted by Crippen LogP contribution is 2.33. The number of aldehydes is 1. The molecule has 0 aliphatic heterocycles. The minimum Gasteiger partial charge on any atom is -0.302 e. The number of hydrogen-bond donors (Lipinski definition) is 0. The van der Waals surface area contributed by atoms with E-state index in [0.717, 1.165) is 18.1 Å². The molecule has 0 heterocycles. The van der Waals surface area contributed by atoms with Gasteiger partial charge in [-0.15, -0.1) is 0 Å². The van der Waals surface area contributed by atoms with E-state index in [1.807, 2.05) is 0 Å². The van der Waals surface area contributed by atoms with Crippen LogP contribution < -0.4 is 0 Å². The summed E-state index contributed by atoms with van der Waals surface area (Å²) in [5.41, 5.74) is 0. The SMILES string of the molecule is CCC1CCCC(C)C1N(C)CC=O. The second-order valence-electron chi connectivity index (χ2n) is 4.67. The van der Waals surface area contributed by atoms with Crippen molar-refractivity contribution in [3.05, 3.63) is 0 Å². The lowest BCUT2D eigenvalue weighted by molar-refractivity contribution is -0.109. The Balaban J connectivity index is 2.62. The standard InChI is InChI=1S/C12H23NO/c1-4-11-7-5-6-10(2)12(11)13(3)8-9-14/h9-12H,4-8H2,1-3H3. The van der Waals surface area contributed by atoms with Crippen molar-refractivity contribution in [2.75, 3.05) is 13.6 Å². The van der Waals surface area contributed by atoms with Gasteiger partial charge >= 0.3 is 0 Å². The van der Waals surface area contributed by atoms with Crippen molar-refractivity contribution < 1.29 is 4.79 Å². The number of nitrogens with zero attached hydrogens (tertiary/aromatic N) is 1. The molecular formula is C12H23NO. The number of rotatable bonds is 4. The molecule has 14 heavy (non-hydrogen) atoms. The van der Waals surface area contributed by atoms with E-state index in [9.17, 15) is 4.79 Å². The van der Waals surface area contributed by atoms with E-state index in [0.29, 0.717) is 12.6 Å².